The van der Waals surface area contributed by atoms with E-state index in [1.807, 2.05) is 0 Å². The summed E-state index contributed by atoms with van der Waals surface area (Å²) in [5.74, 6) is 2.49. The summed E-state index contributed by atoms with van der Waals surface area (Å²) < 4.78 is 6.12. The molecule has 3 heterocycles. The highest BCUT2D eigenvalue weighted by molar-refractivity contribution is 7.99. The molecule has 3 aliphatic heterocycles. The monoisotopic (exact) mass is 284 g/mol. The standard InChI is InChI=1S/C15H28N2OS/c1-12-4-3-5-13(2)17(12)16-14-6-8-18-15(10-14)7-9-19-11-15/h12-14,16H,3-11H2,1-2H3. The van der Waals surface area contributed by atoms with E-state index in [4.69, 9.17) is 4.74 Å². The first-order chi connectivity index (χ1) is 9.19. The third-order valence-corrected chi connectivity index (χ3v) is 6.31. The lowest BCUT2D eigenvalue weighted by Gasteiger charge is -2.45. The summed E-state index contributed by atoms with van der Waals surface area (Å²) in [6.45, 7) is 5.67. The number of nitrogens with zero attached hydrogens (tertiary/aromatic N) is 1. The molecule has 0 aromatic carbocycles. The van der Waals surface area contributed by atoms with Crippen LogP contribution in [0.15, 0.2) is 0 Å². The Hall–Kier alpha value is 0.230. The molecule has 0 amide bonds. The molecule has 1 N–H and O–H groups in total. The Morgan fingerprint density at radius 1 is 1.21 bits per heavy atom. The van der Waals surface area contributed by atoms with Crippen LogP contribution in [0.2, 0.25) is 0 Å². The normalized spacial score (nSPS) is 44.8. The minimum Gasteiger partial charge on any atom is -0.374 e. The molecule has 3 fully saturated rings. The van der Waals surface area contributed by atoms with Crippen molar-refractivity contribution in [3.8, 4) is 0 Å². The SMILES string of the molecule is CC1CCCC(C)N1NC1CCOC2(CCSC2)C1. The van der Waals surface area contributed by atoms with Crippen LogP contribution in [0.25, 0.3) is 0 Å². The van der Waals surface area contributed by atoms with E-state index in [1.165, 1.54) is 50.0 Å². The Balaban J connectivity index is 1.59. The molecular formula is C15H28N2OS. The van der Waals surface area contributed by atoms with E-state index in [-0.39, 0.29) is 5.60 Å². The van der Waals surface area contributed by atoms with Gasteiger partial charge in [0.25, 0.3) is 0 Å². The van der Waals surface area contributed by atoms with E-state index in [0.717, 1.165) is 6.61 Å². The van der Waals surface area contributed by atoms with E-state index < -0.39 is 0 Å². The average Bonchev–Trinajstić information content (AvgIpc) is 2.82. The molecule has 4 unspecified atom stereocenters. The minimum absolute atomic E-state index is 0.197. The quantitative estimate of drug-likeness (QED) is 0.843. The van der Waals surface area contributed by atoms with Gasteiger partial charge in [-0.3, -0.25) is 5.43 Å². The van der Waals surface area contributed by atoms with Crippen molar-refractivity contribution in [3.05, 3.63) is 0 Å². The van der Waals surface area contributed by atoms with Gasteiger partial charge < -0.3 is 4.74 Å². The lowest BCUT2D eigenvalue weighted by molar-refractivity contribution is -0.0885. The van der Waals surface area contributed by atoms with Crippen molar-refractivity contribution in [1.82, 2.24) is 10.4 Å². The molecule has 0 aromatic rings. The van der Waals surface area contributed by atoms with Crippen molar-refractivity contribution in [3.63, 3.8) is 0 Å². The maximum absolute atomic E-state index is 6.12. The third-order valence-electron chi connectivity index (χ3n) is 5.09. The predicted octanol–water partition coefficient (Wildman–Crippen LogP) is 2.81. The molecule has 3 nitrogen and oxygen atoms in total. The summed E-state index contributed by atoms with van der Waals surface area (Å²) in [5, 5.41) is 2.54. The lowest BCUT2D eigenvalue weighted by Crippen LogP contribution is -2.58. The summed E-state index contributed by atoms with van der Waals surface area (Å²) in [7, 11) is 0. The average molecular weight is 284 g/mol. The molecule has 110 valence electrons. The van der Waals surface area contributed by atoms with E-state index in [2.05, 4.69) is 36.0 Å². The molecule has 0 aliphatic carbocycles. The van der Waals surface area contributed by atoms with Crippen LogP contribution in [-0.4, -0.2) is 46.8 Å². The molecule has 4 heteroatoms. The Labute approximate surface area is 121 Å². The zero-order chi connectivity index (χ0) is 13.3. The fourth-order valence-electron chi connectivity index (χ4n) is 3.89. The number of hydrazine groups is 1. The number of piperidine rings is 1. The predicted molar refractivity (Wildman–Crippen MR) is 81.4 cm³/mol. The van der Waals surface area contributed by atoms with Gasteiger partial charge in [0, 0.05) is 30.5 Å². The molecule has 19 heavy (non-hydrogen) atoms. The molecule has 3 saturated heterocycles. The first-order valence-corrected chi connectivity index (χ1v) is 9.10. The Bertz CT molecular complexity index is 297. The number of nitrogens with one attached hydrogen (secondary N) is 1. The van der Waals surface area contributed by atoms with Gasteiger partial charge in [0.15, 0.2) is 0 Å². The van der Waals surface area contributed by atoms with Gasteiger partial charge in [0.2, 0.25) is 0 Å². The van der Waals surface area contributed by atoms with Crippen molar-refractivity contribution in [1.29, 1.82) is 0 Å². The third kappa shape index (κ3) is 3.12. The molecule has 0 radical (unpaired) electrons. The molecular weight excluding hydrogens is 256 g/mol. The number of hydrogen-bond donors (Lipinski definition) is 1. The van der Waals surface area contributed by atoms with Gasteiger partial charge in [-0.1, -0.05) is 6.42 Å². The van der Waals surface area contributed by atoms with Crippen LogP contribution >= 0.6 is 11.8 Å². The van der Waals surface area contributed by atoms with Gasteiger partial charge in [0.05, 0.1) is 5.60 Å². The van der Waals surface area contributed by atoms with Crippen LogP contribution in [0.5, 0.6) is 0 Å². The summed E-state index contributed by atoms with van der Waals surface area (Å²) in [6, 6.07) is 1.98. The van der Waals surface area contributed by atoms with E-state index >= 15 is 0 Å². The highest BCUT2D eigenvalue weighted by Gasteiger charge is 2.41. The molecule has 0 bridgehead atoms. The van der Waals surface area contributed by atoms with E-state index in [9.17, 15) is 0 Å². The molecule has 0 saturated carbocycles. The van der Waals surface area contributed by atoms with Gasteiger partial charge in [-0.05, 0) is 51.7 Å². The molecule has 1 spiro atoms. The van der Waals surface area contributed by atoms with Crippen molar-refractivity contribution < 1.29 is 4.74 Å². The summed E-state index contributed by atoms with van der Waals surface area (Å²) in [6.07, 6.45) is 7.68. The van der Waals surface area contributed by atoms with Crippen molar-refractivity contribution in [2.75, 3.05) is 18.1 Å². The largest absolute Gasteiger partial charge is 0.374 e. The van der Waals surface area contributed by atoms with Crippen LogP contribution in [0, 0.1) is 0 Å². The Morgan fingerprint density at radius 2 is 2.00 bits per heavy atom. The van der Waals surface area contributed by atoms with Crippen LogP contribution < -0.4 is 5.43 Å². The van der Waals surface area contributed by atoms with Crippen molar-refractivity contribution in [2.24, 2.45) is 0 Å². The second kappa shape index (κ2) is 5.92. The first kappa shape index (κ1) is 14.2. The highest BCUT2D eigenvalue weighted by Crippen LogP contribution is 2.38. The fraction of sp³-hybridized carbons (Fsp3) is 1.00. The van der Waals surface area contributed by atoms with Gasteiger partial charge >= 0.3 is 0 Å². The Kier molecular flexibility index (Phi) is 4.42. The van der Waals surface area contributed by atoms with Crippen LogP contribution in [-0.2, 0) is 4.74 Å². The number of thioether (sulfide) groups is 1. The maximum Gasteiger partial charge on any atom is 0.0795 e. The van der Waals surface area contributed by atoms with Crippen molar-refractivity contribution >= 4 is 11.8 Å². The van der Waals surface area contributed by atoms with Gasteiger partial charge in [-0.2, -0.15) is 11.8 Å². The van der Waals surface area contributed by atoms with Crippen molar-refractivity contribution in [2.45, 2.75) is 76.1 Å². The second-order valence-corrected chi connectivity index (χ2v) is 7.79. The zero-order valence-electron chi connectivity index (χ0n) is 12.4. The zero-order valence-corrected chi connectivity index (χ0v) is 13.2. The first-order valence-electron chi connectivity index (χ1n) is 7.95. The topological polar surface area (TPSA) is 24.5 Å². The van der Waals surface area contributed by atoms with E-state index in [0.29, 0.717) is 18.1 Å². The maximum atomic E-state index is 6.12. The summed E-state index contributed by atoms with van der Waals surface area (Å²) in [5.41, 5.74) is 4.05. The number of ether oxygens (including phenoxy) is 1. The number of hydrogen-bond acceptors (Lipinski definition) is 4. The second-order valence-electron chi connectivity index (χ2n) is 6.69. The van der Waals surface area contributed by atoms with Gasteiger partial charge in [-0.25, -0.2) is 5.01 Å². The van der Waals surface area contributed by atoms with Gasteiger partial charge in [-0.15, -0.1) is 0 Å². The summed E-state index contributed by atoms with van der Waals surface area (Å²) in [4.78, 5) is 0. The highest BCUT2D eigenvalue weighted by atomic mass is 32.2. The lowest BCUT2D eigenvalue weighted by atomic mass is 9.90. The minimum atomic E-state index is 0.197. The summed E-state index contributed by atoms with van der Waals surface area (Å²) >= 11 is 2.06. The van der Waals surface area contributed by atoms with E-state index in [1.54, 1.807) is 0 Å². The number of rotatable bonds is 2. The molecule has 0 aromatic heterocycles. The molecule has 3 rings (SSSR count). The molecule has 4 atom stereocenters. The van der Waals surface area contributed by atoms with Crippen LogP contribution in [0.1, 0.15) is 52.4 Å². The fourth-order valence-corrected chi connectivity index (χ4v) is 5.27. The molecule has 3 aliphatic rings. The Morgan fingerprint density at radius 3 is 2.68 bits per heavy atom. The van der Waals surface area contributed by atoms with Crippen LogP contribution in [0.3, 0.4) is 0 Å². The van der Waals surface area contributed by atoms with Crippen LogP contribution in [0.4, 0.5) is 0 Å². The van der Waals surface area contributed by atoms with Gasteiger partial charge in [0.1, 0.15) is 0 Å². The smallest absolute Gasteiger partial charge is 0.0795 e.